The molecule has 0 spiro atoms. The monoisotopic (exact) mass is 234 g/mol. The standard InChI is InChI=1S/C16H26O/c17-16-14-12-10-8-6-4-2-1-3-5-7-9-11-13-15-16/h1-2,13,15H,3-12,14H2. The zero-order valence-corrected chi connectivity index (χ0v) is 11.0. The van der Waals surface area contributed by atoms with Crippen molar-refractivity contribution in [1.29, 1.82) is 0 Å². The maximum absolute atomic E-state index is 11.5. The summed E-state index contributed by atoms with van der Waals surface area (Å²) in [7, 11) is 0. The van der Waals surface area contributed by atoms with Crippen LogP contribution < -0.4 is 0 Å². The lowest BCUT2D eigenvalue weighted by molar-refractivity contribution is -0.114. The van der Waals surface area contributed by atoms with Crippen LogP contribution in [-0.4, -0.2) is 5.78 Å². The van der Waals surface area contributed by atoms with E-state index in [0.717, 1.165) is 19.3 Å². The summed E-state index contributed by atoms with van der Waals surface area (Å²) >= 11 is 0. The Morgan fingerprint density at radius 3 is 1.88 bits per heavy atom. The van der Waals surface area contributed by atoms with Gasteiger partial charge in [-0.15, -0.1) is 0 Å². The zero-order chi connectivity index (χ0) is 12.2. The second kappa shape index (κ2) is 10.3. The SMILES string of the molecule is O=C1C=CCCCCCC=CCCCCCC1. The molecule has 0 aromatic heterocycles. The van der Waals surface area contributed by atoms with E-state index in [9.17, 15) is 4.79 Å². The first-order valence-corrected chi connectivity index (χ1v) is 7.24. The summed E-state index contributed by atoms with van der Waals surface area (Å²) in [6, 6.07) is 0. The number of ketones is 1. The normalized spacial score (nSPS) is 21.5. The van der Waals surface area contributed by atoms with Crippen LogP contribution in [0.3, 0.4) is 0 Å². The molecule has 1 heteroatoms. The van der Waals surface area contributed by atoms with Crippen molar-refractivity contribution in [3.05, 3.63) is 24.3 Å². The van der Waals surface area contributed by atoms with Crippen LogP contribution in [0.15, 0.2) is 24.3 Å². The Morgan fingerprint density at radius 1 is 0.647 bits per heavy atom. The van der Waals surface area contributed by atoms with Crippen LogP contribution >= 0.6 is 0 Å². The van der Waals surface area contributed by atoms with E-state index in [1.54, 1.807) is 6.08 Å². The van der Waals surface area contributed by atoms with Gasteiger partial charge in [-0.05, 0) is 51.0 Å². The van der Waals surface area contributed by atoms with Crippen LogP contribution in [0, 0.1) is 0 Å². The summed E-state index contributed by atoms with van der Waals surface area (Å²) < 4.78 is 0. The first-order valence-electron chi connectivity index (χ1n) is 7.24. The van der Waals surface area contributed by atoms with Crippen LogP contribution in [0.4, 0.5) is 0 Å². The van der Waals surface area contributed by atoms with Crippen LogP contribution in [0.2, 0.25) is 0 Å². The summed E-state index contributed by atoms with van der Waals surface area (Å²) in [5.74, 6) is 0.317. The van der Waals surface area contributed by atoms with E-state index in [0.29, 0.717) is 5.78 Å². The lowest BCUT2D eigenvalue weighted by atomic mass is 10.1. The highest BCUT2D eigenvalue weighted by Crippen LogP contribution is 2.09. The van der Waals surface area contributed by atoms with Crippen LogP contribution in [0.1, 0.15) is 70.6 Å². The fraction of sp³-hybridized carbons (Fsp3) is 0.688. The molecule has 0 saturated carbocycles. The predicted molar refractivity (Wildman–Crippen MR) is 74.1 cm³/mol. The van der Waals surface area contributed by atoms with E-state index in [-0.39, 0.29) is 0 Å². The van der Waals surface area contributed by atoms with Gasteiger partial charge in [-0.1, -0.05) is 37.5 Å². The summed E-state index contributed by atoms with van der Waals surface area (Å²) in [5.41, 5.74) is 0. The third-order valence-electron chi connectivity index (χ3n) is 3.26. The summed E-state index contributed by atoms with van der Waals surface area (Å²) in [4.78, 5) is 11.5. The van der Waals surface area contributed by atoms with Gasteiger partial charge in [-0.2, -0.15) is 0 Å². The van der Waals surface area contributed by atoms with Gasteiger partial charge >= 0.3 is 0 Å². The minimum absolute atomic E-state index is 0.317. The highest BCUT2D eigenvalue weighted by molar-refractivity contribution is 5.89. The number of allylic oxidation sites excluding steroid dienone is 4. The lowest BCUT2D eigenvalue weighted by Crippen LogP contribution is -1.92. The van der Waals surface area contributed by atoms with Gasteiger partial charge in [0.25, 0.3) is 0 Å². The maximum atomic E-state index is 11.5. The van der Waals surface area contributed by atoms with E-state index in [1.807, 2.05) is 0 Å². The number of hydrogen-bond acceptors (Lipinski definition) is 1. The molecule has 1 nitrogen and oxygen atoms in total. The van der Waals surface area contributed by atoms with E-state index in [4.69, 9.17) is 0 Å². The van der Waals surface area contributed by atoms with Gasteiger partial charge in [0.1, 0.15) is 0 Å². The summed E-state index contributed by atoms with van der Waals surface area (Å²) in [6.07, 6.45) is 21.4. The average Bonchev–Trinajstić information content (AvgIpc) is 2.32. The molecule has 0 N–H and O–H groups in total. The van der Waals surface area contributed by atoms with Crippen molar-refractivity contribution in [3.8, 4) is 0 Å². The van der Waals surface area contributed by atoms with Crippen molar-refractivity contribution in [2.45, 2.75) is 70.6 Å². The molecule has 0 aromatic rings. The van der Waals surface area contributed by atoms with Gasteiger partial charge in [0.15, 0.2) is 5.78 Å². The Balaban J connectivity index is 2.25. The van der Waals surface area contributed by atoms with Gasteiger partial charge in [-0.25, -0.2) is 0 Å². The van der Waals surface area contributed by atoms with Gasteiger partial charge in [0.05, 0.1) is 0 Å². The molecule has 0 aliphatic heterocycles. The van der Waals surface area contributed by atoms with Crippen molar-refractivity contribution in [2.75, 3.05) is 0 Å². The topological polar surface area (TPSA) is 17.1 Å². The largest absolute Gasteiger partial charge is 0.295 e. The quantitative estimate of drug-likeness (QED) is 0.541. The molecule has 0 unspecified atom stereocenters. The zero-order valence-electron chi connectivity index (χ0n) is 11.0. The van der Waals surface area contributed by atoms with E-state index in [2.05, 4.69) is 18.2 Å². The van der Waals surface area contributed by atoms with Gasteiger partial charge in [0.2, 0.25) is 0 Å². The molecule has 0 heterocycles. The third kappa shape index (κ3) is 8.91. The molecule has 0 amide bonds. The Hall–Kier alpha value is -0.850. The molecule has 1 rings (SSSR count). The second-order valence-electron chi connectivity index (χ2n) is 4.93. The highest BCUT2D eigenvalue weighted by Gasteiger charge is 1.97. The molecule has 96 valence electrons. The summed E-state index contributed by atoms with van der Waals surface area (Å²) in [5, 5.41) is 0. The van der Waals surface area contributed by atoms with Crippen LogP contribution in [-0.2, 0) is 4.79 Å². The number of rotatable bonds is 0. The Morgan fingerprint density at radius 2 is 1.18 bits per heavy atom. The number of hydrogen-bond donors (Lipinski definition) is 0. The van der Waals surface area contributed by atoms with Crippen LogP contribution in [0.5, 0.6) is 0 Å². The molecule has 1 aliphatic rings. The first-order chi connectivity index (χ1) is 8.39. The summed E-state index contributed by atoms with van der Waals surface area (Å²) in [6.45, 7) is 0. The van der Waals surface area contributed by atoms with Crippen molar-refractivity contribution in [3.63, 3.8) is 0 Å². The Kier molecular flexibility index (Phi) is 8.62. The van der Waals surface area contributed by atoms with Gasteiger partial charge in [0, 0.05) is 6.42 Å². The fourth-order valence-electron chi connectivity index (χ4n) is 2.15. The van der Waals surface area contributed by atoms with Gasteiger partial charge in [-0.3, -0.25) is 4.79 Å². The molecule has 0 aromatic carbocycles. The molecular weight excluding hydrogens is 208 g/mol. The number of carbonyl (C=O) groups excluding carboxylic acids is 1. The minimum atomic E-state index is 0.317. The maximum Gasteiger partial charge on any atom is 0.155 e. The van der Waals surface area contributed by atoms with Crippen molar-refractivity contribution in [2.24, 2.45) is 0 Å². The number of carbonyl (C=O) groups is 1. The minimum Gasteiger partial charge on any atom is -0.295 e. The van der Waals surface area contributed by atoms with E-state index >= 15 is 0 Å². The first kappa shape index (κ1) is 14.2. The molecule has 17 heavy (non-hydrogen) atoms. The van der Waals surface area contributed by atoms with Crippen molar-refractivity contribution in [1.82, 2.24) is 0 Å². The van der Waals surface area contributed by atoms with Gasteiger partial charge < -0.3 is 0 Å². The second-order valence-corrected chi connectivity index (χ2v) is 4.93. The lowest BCUT2D eigenvalue weighted by Gasteiger charge is -1.99. The molecule has 0 saturated heterocycles. The average molecular weight is 234 g/mol. The van der Waals surface area contributed by atoms with Crippen LogP contribution in [0.25, 0.3) is 0 Å². The molecule has 0 fully saturated rings. The van der Waals surface area contributed by atoms with Crippen molar-refractivity contribution >= 4 is 5.78 Å². The highest BCUT2D eigenvalue weighted by atomic mass is 16.1. The molecular formula is C16H26O. The molecule has 0 bridgehead atoms. The smallest absolute Gasteiger partial charge is 0.155 e. The molecule has 0 radical (unpaired) electrons. The van der Waals surface area contributed by atoms with E-state index in [1.165, 1.54) is 51.4 Å². The fourth-order valence-corrected chi connectivity index (χ4v) is 2.15. The predicted octanol–water partition coefficient (Wildman–Crippen LogP) is 4.97. The van der Waals surface area contributed by atoms with E-state index < -0.39 is 0 Å². The molecule has 0 atom stereocenters. The van der Waals surface area contributed by atoms with Crippen molar-refractivity contribution < 1.29 is 4.79 Å². The third-order valence-corrected chi connectivity index (χ3v) is 3.26. The Bertz CT molecular complexity index is 250. The Labute approximate surface area is 106 Å². The molecule has 1 aliphatic carbocycles.